The number of unbranched alkanes of at least 4 members (excludes halogenated alkanes) is 2. The second kappa shape index (κ2) is 39.3. The average molecular weight is 1310 g/mol. The molecule has 1 saturated heterocycles. The summed E-state index contributed by atoms with van der Waals surface area (Å²) in [5, 5.41) is 19.7. The van der Waals surface area contributed by atoms with Crippen molar-refractivity contribution >= 4 is 70.5 Å². The molecule has 1 aliphatic rings. The second-order valence-electron chi connectivity index (χ2n) is 24.9. The molecule has 1 aliphatic heterocycles. The number of benzene rings is 2. The van der Waals surface area contributed by atoms with Crippen LogP contribution in [-0.4, -0.2) is 170 Å². The molecule has 1 fully saturated rings. The first-order chi connectivity index (χ1) is 43.8. The van der Waals surface area contributed by atoms with Gasteiger partial charge in [0.25, 0.3) is 0 Å². The first-order valence-corrected chi connectivity index (χ1v) is 33.1. The molecular formula is C66H104N12O13S. The van der Waals surface area contributed by atoms with Crippen LogP contribution in [0, 0.1) is 29.6 Å². The van der Waals surface area contributed by atoms with Crippen molar-refractivity contribution in [3.63, 3.8) is 0 Å². The lowest BCUT2D eigenvalue weighted by Gasteiger charge is -2.41. The predicted molar refractivity (Wildman–Crippen MR) is 352 cm³/mol. The number of hydrogen-bond acceptors (Lipinski definition) is 16. The average Bonchev–Trinajstić information content (AvgIpc) is 1.35. The van der Waals surface area contributed by atoms with Crippen LogP contribution in [0.3, 0.4) is 0 Å². The van der Waals surface area contributed by atoms with Crippen molar-refractivity contribution in [2.45, 2.75) is 194 Å². The summed E-state index contributed by atoms with van der Waals surface area (Å²) in [4.78, 5) is 137. The first kappa shape index (κ1) is 77.2. The van der Waals surface area contributed by atoms with Crippen LogP contribution in [-0.2, 0) is 65.6 Å². The normalized spacial score (nSPS) is 16.4. The molecule has 10 amide bonds. The Hall–Kier alpha value is -7.26. The number of anilines is 1. The Morgan fingerprint density at radius 1 is 0.750 bits per heavy atom. The number of primary amides is 1. The third kappa shape index (κ3) is 23.7. The van der Waals surface area contributed by atoms with E-state index in [-0.39, 0.29) is 74.4 Å². The van der Waals surface area contributed by atoms with Gasteiger partial charge in [0.2, 0.25) is 41.4 Å². The van der Waals surface area contributed by atoms with Gasteiger partial charge < -0.3 is 66.5 Å². The number of thiazole rings is 1. The Kier molecular flexibility index (Phi) is 33.0. The van der Waals surface area contributed by atoms with Crippen LogP contribution in [0.15, 0.2) is 66.2 Å². The van der Waals surface area contributed by atoms with E-state index in [9.17, 15) is 43.2 Å². The van der Waals surface area contributed by atoms with Crippen LogP contribution in [0.2, 0.25) is 0 Å². The number of nitrogens with one attached hydrogen (secondary N) is 6. The summed E-state index contributed by atoms with van der Waals surface area (Å²) in [5.74, 6) is 0.303. The van der Waals surface area contributed by atoms with Crippen LogP contribution in [0.4, 0.5) is 15.3 Å². The molecule has 1 aromatic heterocycles. The van der Waals surface area contributed by atoms with E-state index in [4.69, 9.17) is 25.8 Å². The minimum atomic E-state index is -1.07. The molecule has 0 bridgehead atoms. The molecule has 2 aromatic carbocycles. The monoisotopic (exact) mass is 1300 g/mol. The SMILES string of the molecule is CC[C@H](C)[C@@H]([C@@H](CC(=O)N1CCC[C@H]1C(OC)[C@@H](C)C(=O)N[C@@H](Cc1ccccc1)c1nccs1)OC)N(C)C(=O)[C@@H](NC(=O)[C@H](C(C)C)N(C)C(=O)OCc1ccc(NC(=O)[C@H](CCCNC(N)=O)NC(=O)[C@@H](NC(=O)CCCCCON)C(C)C)cc1)C(C)C. The van der Waals surface area contributed by atoms with Crippen LogP contribution in [0.1, 0.15) is 149 Å². The molecule has 0 aliphatic carbocycles. The predicted octanol–water partition coefficient (Wildman–Crippen LogP) is 6.36. The van der Waals surface area contributed by atoms with Crippen LogP contribution >= 0.6 is 11.3 Å². The molecule has 2 heterocycles. The fraction of sp³-hybridized carbons (Fsp3) is 0.636. The lowest BCUT2D eigenvalue weighted by Crippen LogP contribution is -2.60. The molecule has 25 nitrogen and oxygen atoms in total. The van der Waals surface area contributed by atoms with Crippen molar-refractivity contribution in [2.24, 2.45) is 41.2 Å². The number of methoxy groups -OCH3 is 2. The highest BCUT2D eigenvalue weighted by molar-refractivity contribution is 7.09. The van der Waals surface area contributed by atoms with Crippen LogP contribution in [0.5, 0.6) is 0 Å². The molecule has 0 saturated carbocycles. The fourth-order valence-electron chi connectivity index (χ4n) is 11.7. The number of nitrogens with two attached hydrogens (primary N) is 2. The Morgan fingerprint density at radius 2 is 1.43 bits per heavy atom. The molecule has 0 radical (unpaired) electrons. The number of carbonyl (C=O) groups is 9. The van der Waals surface area contributed by atoms with E-state index in [1.807, 2.05) is 70.3 Å². The zero-order valence-electron chi connectivity index (χ0n) is 56.2. The summed E-state index contributed by atoms with van der Waals surface area (Å²) in [6.45, 7) is 17.3. The number of aromatic nitrogens is 1. The smallest absolute Gasteiger partial charge is 0.410 e. The summed E-state index contributed by atoms with van der Waals surface area (Å²) < 4.78 is 17.9. The minimum Gasteiger partial charge on any atom is -0.445 e. The van der Waals surface area contributed by atoms with Gasteiger partial charge in [-0.1, -0.05) is 118 Å². The number of rotatable bonds is 39. The maximum absolute atomic E-state index is 14.9. The van der Waals surface area contributed by atoms with Crippen LogP contribution < -0.4 is 43.5 Å². The third-order valence-corrected chi connectivity index (χ3v) is 17.9. The van der Waals surface area contributed by atoms with Crippen molar-refractivity contribution in [2.75, 3.05) is 53.3 Å². The van der Waals surface area contributed by atoms with Gasteiger partial charge in [-0.2, -0.15) is 0 Å². The summed E-state index contributed by atoms with van der Waals surface area (Å²) in [7, 11) is 6.18. The van der Waals surface area contributed by atoms with Gasteiger partial charge in [0, 0.05) is 65.1 Å². The van der Waals surface area contributed by atoms with Crippen molar-refractivity contribution < 1.29 is 62.2 Å². The lowest BCUT2D eigenvalue weighted by atomic mass is 9.89. The number of ether oxygens (including phenoxy) is 3. The van der Waals surface area contributed by atoms with E-state index >= 15 is 0 Å². The number of amides is 10. The Morgan fingerprint density at radius 3 is 2.02 bits per heavy atom. The Balaban J connectivity index is 1.40. The van der Waals surface area contributed by atoms with E-state index in [2.05, 4.69) is 41.7 Å². The van der Waals surface area contributed by atoms with E-state index in [1.54, 1.807) is 82.1 Å². The maximum atomic E-state index is 14.9. The molecule has 0 spiro atoms. The first-order valence-electron chi connectivity index (χ1n) is 32.2. The summed E-state index contributed by atoms with van der Waals surface area (Å²) >= 11 is 1.47. The Bertz CT molecular complexity index is 2800. The zero-order valence-corrected chi connectivity index (χ0v) is 57.0. The topological polar surface area (TPSA) is 337 Å². The zero-order chi connectivity index (χ0) is 68.2. The standard InChI is InChI=1S/C66H104N12O13S/c1-14-43(8)57(51(88-12)38-53(80)78-34-22-26-50(78)58(89-13)44(9)59(81)73-49(63-69-33-36-92-63)37-45-23-17-15-18-24-45)76(10)64(85)55(41(4)5)75-62(84)56(42(6)7)77(11)66(87)90-39-46-28-30-47(31-29-46)71-60(82)48(25-21-32-70-65(67)86)72-61(83)54(40(2)3)74-52(79)27-19-16-20-35-91-68/h15,17-18,23-24,28-31,33,36,40-44,48-51,54-58H,14,16,19-22,25-27,32,34-35,37-39,68H2,1-13H3,(H,71,82)(H,72,83)(H,73,81)(H,74,79)(H,75,84)(H3,67,70,86)/t43-,44+,48-,49-,50-,51+,54-,55-,56-,57-,58?/m0/s1. The number of hydrogen-bond donors (Lipinski definition) is 8. The van der Waals surface area contributed by atoms with Crippen molar-refractivity contribution in [1.82, 2.24) is 46.3 Å². The number of nitrogens with zero attached hydrogens (tertiary/aromatic N) is 4. The lowest BCUT2D eigenvalue weighted by molar-refractivity contribution is -0.148. The molecule has 1 unspecified atom stereocenters. The number of likely N-dealkylation sites (tertiary alicyclic amines) is 1. The van der Waals surface area contributed by atoms with Gasteiger partial charge in [-0.15, -0.1) is 11.3 Å². The van der Waals surface area contributed by atoms with Gasteiger partial charge >= 0.3 is 12.1 Å². The molecule has 11 atom stereocenters. The van der Waals surface area contributed by atoms with E-state index in [1.165, 1.54) is 30.4 Å². The van der Waals surface area contributed by atoms with Crippen molar-refractivity contribution in [3.05, 3.63) is 82.3 Å². The highest BCUT2D eigenvalue weighted by Crippen LogP contribution is 2.31. The molecule has 26 heteroatoms. The minimum absolute atomic E-state index is 0.0683. The second-order valence-corrected chi connectivity index (χ2v) is 25.9. The van der Waals surface area contributed by atoms with Gasteiger partial charge in [-0.25, -0.2) is 20.5 Å². The quantitative estimate of drug-likeness (QED) is 0.0228. The fourth-order valence-corrected chi connectivity index (χ4v) is 12.4. The molecule has 3 aromatic rings. The highest BCUT2D eigenvalue weighted by atomic mass is 32.1. The molecule has 4 rings (SSSR count). The summed E-state index contributed by atoms with van der Waals surface area (Å²) in [6.07, 6.45) is 4.53. The van der Waals surface area contributed by atoms with Crippen LogP contribution in [0.25, 0.3) is 0 Å². The number of carbonyl (C=O) groups excluding carboxylic acids is 9. The highest BCUT2D eigenvalue weighted by Gasteiger charge is 2.44. The maximum Gasteiger partial charge on any atom is 0.410 e. The van der Waals surface area contributed by atoms with E-state index < -0.39 is 102 Å². The van der Waals surface area contributed by atoms with Gasteiger partial charge in [0.05, 0.1) is 49.3 Å². The molecule has 92 heavy (non-hydrogen) atoms. The van der Waals surface area contributed by atoms with Gasteiger partial charge in [0.1, 0.15) is 35.8 Å². The van der Waals surface area contributed by atoms with E-state index in [0.717, 1.165) is 10.6 Å². The number of urea groups is 1. The Labute approximate surface area is 547 Å². The summed E-state index contributed by atoms with van der Waals surface area (Å²) in [5.41, 5.74) is 7.20. The third-order valence-electron chi connectivity index (χ3n) is 17.1. The van der Waals surface area contributed by atoms with Gasteiger partial charge in [-0.3, -0.25) is 38.5 Å². The molecule has 10 N–H and O–H groups in total. The van der Waals surface area contributed by atoms with E-state index in [0.29, 0.717) is 69.3 Å². The van der Waals surface area contributed by atoms with Gasteiger partial charge in [0.15, 0.2) is 0 Å². The van der Waals surface area contributed by atoms with Crippen molar-refractivity contribution in [3.8, 4) is 0 Å². The summed E-state index contributed by atoms with van der Waals surface area (Å²) in [6, 6.07) is 10.1. The van der Waals surface area contributed by atoms with Gasteiger partial charge in [-0.05, 0) is 91.9 Å². The van der Waals surface area contributed by atoms with Crippen molar-refractivity contribution in [1.29, 1.82) is 0 Å². The molecule has 512 valence electrons. The number of likely N-dealkylation sites (N-methyl/N-ethyl adjacent to an activating group) is 2. The molecular weight excluding hydrogens is 1200 g/mol. The largest absolute Gasteiger partial charge is 0.445 e.